The summed E-state index contributed by atoms with van der Waals surface area (Å²) in [6.07, 6.45) is 0. The van der Waals surface area contributed by atoms with Gasteiger partial charge in [0.05, 0.1) is 0 Å². The summed E-state index contributed by atoms with van der Waals surface area (Å²) in [5.41, 5.74) is 0. The molecule has 0 fully saturated rings. The van der Waals surface area contributed by atoms with E-state index in [1.54, 1.807) is 0 Å². The monoisotopic (exact) mass is 258 g/mol. The summed E-state index contributed by atoms with van der Waals surface area (Å²) < 4.78 is 0. The Morgan fingerprint density at radius 2 is 0.778 bits per heavy atom. The van der Waals surface area contributed by atoms with Crippen molar-refractivity contribution >= 4 is 54.5 Å². The maximum Gasteiger partial charge on any atom is 2.00 e. The third-order valence-electron chi connectivity index (χ3n) is 0. The van der Waals surface area contributed by atoms with E-state index in [9.17, 15) is 0 Å². The molecule has 0 aromatic rings. The Labute approximate surface area is 165 Å². The molecule has 0 unspecified atom stereocenters. The largest absolute Gasteiger partial charge is 2.00 e. The van der Waals surface area contributed by atoms with E-state index in [0.717, 1.165) is 0 Å². The van der Waals surface area contributed by atoms with E-state index in [4.69, 9.17) is 19.2 Å². The Morgan fingerprint density at radius 1 is 0.778 bits per heavy atom. The molecular formula is H9Na3O4SiSr. The van der Waals surface area contributed by atoms with E-state index in [1.165, 1.54) is 0 Å². The Kier molecular flexibility index (Phi) is 48.8. The normalized spacial score (nSPS) is 6.67. The summed E-state index contributed by atoms with van der Waals surface area (Å²) >= 11 is 0. The number of hydrogen-bond donors (Lipinski definition) is 4. The molecular weight excluding hydrogens is 249 g/mol. The van der Waals surface area contributed by atoms with Gasteiger partial charge in [0.1, 0.15) is 0 Å². The minimum atomic E-state index is -4.61. The summed E-state index contributed by atoms with van der Waals surface area (Å²) in [7, 11) is -4.61. The second-order valence-corrected chi connectivity index (χ2v) is 1.80. The zero-order valence-corrected chi connectivity index (χ0v) is 16.5. The van der Waals surface area contributed by atoms with Gasteiger partial charge in [-0.05, 0) is 0 Å². The summed E-state index contributed by atoms with van der Waals surface area (Å²) in [5, 5.41) is 0. The Bertz CT molecular complexity index is 44.4. The van der Waals surface area contributed by atoms with Crippen molar-refractivity contribution < 1.29 is 115 Å². The van der Waals surface area contributed by atoms with Crippen molar-refractivity contribution in [3.05, 3.63) is 0 Å². The molecule has 4 N–H and O–H groups in total. The van der Waals surface area contributed by atoms with Gasteiger partial charge in [0.15, 0.2) is 0 Å². The molecule has 0 bridgehead atoms. The number of rotatable bonds is 0. The van der Waals surface area contributed by atoms with Crippen LogP contribution in [0.5, 0.6) is 0 Å². The molecule has 0 aliphatic rings. The SMILES string of the molecule is O[Si](O)(O)O.[H-].[H-].[H-].[H-].[H-].[Na+].[Na+].[Na+].[Sr+2]. The van der Waals surface area contributed by atoms with E-state index < -0.39 is 9.05 Å². The van der Waals surface area contributed by atoms with Crippen molar-refractivity contribution in [1.82, 2.24) is 0 Å². The van der Waals surface area contributed by atoms with E-state index in [1.807, 2.05) is 0 Å². The summed E-state index contributed by atoms with van der Waals surface area (Å²) in [4.78, 5) is 29.3. The molecule has 9 heteroatoms. The second-order valence-electron chi connectivity index (χ2n) is 0.600. The topological polar surface area (TPSA) is 80.9 Å². The van der Waals surface area contributed by atoms with Gasteiger partial charge in [0, 0.05) is 0 Å². The average molecular weight is 258 g/mol. The van der Waals surface area contributed by atoms with Crippen molar-refractivity contribution in [2.24, 2.45) is 0 Å². The molecule has 0 rings (SSSR count). The first-order valence-electron chi connectivity index (χ1n) is 0.894. The van der Waals surface area contributed by atoms with Gasteiger partial charge < -0.3 is 26.3 Å². The van der Waals surface area contributed by atoms with Crippen LogP contribution in [0.3, 0.4) is 0 Å². The molecule has 0 radical (unpaired) electrons. The minimum absolute atomic E-state index is 0. The molecule has 0 saturated heterocycles. The van der Waals surface area contributed by atoms with E-state index in [-0.39, 0.29) is 141 Å². The molecule has 0 aromatic carbocycles. The Morgan fingerprint density at radius 3 is 0.778 bits per heavy atom. The Balaban J connectivity index is -0.00000000222. The fourth-order valence-corrected chi connectivity index (χ4v) is 0. The van der Waals surface area contributed by atoms with Crippen LogP contribution in [0, 0.1) is 0 Å². The van der Waals surface area contributed by atoms with Crippen LogP contribution in [0.15, 0.2) is 0 Å². The molecule has 4 nitrogen and oxygen atoms in total. The predicted molar refractivity (Wildman–Crippen MR) is 25.9 cm³/mol. The first-order chi connectivity index (χ1) is 2.00. The van der Waals surface area contributed by atoms with Gasteiger partial charge in [-0.15, -0.1) is 0 Å². The zero-order valence-electron chi connectivity index (χ0n) is 11.0. The molecule has 0 saturated carbocycles. The zero-order chi connectivity index (χ0) is 4.50. The van der Waals surface area contributed by atoms with Crippen LogP contribution in [0.2, 0.25) is 0 Å². The van der Waals surface area contributed by atoms with Crippen molar-refractivity contribution in [2.45, 2.75) is 0 Å². The maximum absolute atomic E-state index is 7.33. The predicted octanol–water partition coefficient (Wildman–Crippen LogP) is -11.4. The van der Waals surface area contributed by atoms with E-state index in [0.29, 0.717) is 0 Å². The van der Waals surface area contributed by atoms with Crippen molar-refractivity contribution in [3.63, 3.8) is 0 Å². The fraction of sp³-hybridized carbons (Fsp3) is 0. The van der Waals surface area contributed by atoms with Gasteiger partial charge in [0.25, 0.3) is 0 Å². The summed E-state index contributed by atoms with van der Waals surface area (Å²) in [5.74, 6) is 0. The van der Waals surface area contributed by atoms with Crippen LogP contribution in [-0.2, 0) is 0 Å². The van der Waals surface area contributed by atoms with Gasteiger partial charge in [0.2, 0.25) is 0 Å². The van der Waals surface area contributed by atoms with Gasteiger partial charge >= 0.3 is 143 Å². The van der Waals surface area contributed by atoms with Crippen molar-refractivity contribution in [2.75, 3.05) is 0 Å². The van der Waals surface area contributed by atoms with E-state index in [2.05, 4.69) is 0 Å². The molecule has 0 aliphatic heterocycles. The quantitative estimate of drug-likeness (QED) is 0.325. The molecule has 42 valence electrons. The molecule has 0 amide bonds. The van der Waals surface area contributed by atoms with Crippen LogP contribution in [0.4, 0.5) is 0 Å². The van der Waals surface area contributed by atoms with Crippen LogP contribution >= 0.6 is 0 Å². The van der Waals surface area contributed by atoms with E-state index >= 15 is 0 Å². The van der Waals surface area contributed by atoms with Gasteiger partial charge in [-0.2, -0.15) is 0 Å². The standard InChI is InChI=1S/3Na.H4O4Si.Sr.5H/c;;;1-5(2,3)4;;;;;;/h;;;1-4H;;;;;;/q3*+1;;+2;5*-1. The van der Waals surface area contributed by atoms with Gasteiger partial charge in [-0.25, -0.2) is 0 Å². The maximum atomic E-state index is 7.33. The second kappa shape index (κ2) is 15.0. The first-order valence-corrected chi connectivity index (χ1v) is 2.68. The molecule has 0 heterocycles. The minimum Gasteiger partial charge on any atom is -1.00 e. The molecule has 0 aliphatic carbocycles. The molecule has 0 atom stereocenters. The van der Waals surface area contributed by atoms with Gasteiger partial charge in [-0.3, -0.25) is 0 Å². The van der Waals surface area contributed by atoms with Gasteiger partial charge in [-0.1, -0.05) is 0 Å². The van der Waals surface area contributed by atoms with Crippen LogP contribution in [0.25, 0.3) is 0 Å². The smallest absolute Gasteiger partial charge is 1.00 e. The van der Waals surface area contributed by atoms with Crippen molar-refractivity contribution in [1.29, 1.82) is 0 Å². The van der Waals surface area contributed by atoms with Crippen LogP contribution in [-0.4, -0.2) is 73.7 Å². The average Bonchev–Trinajstić information content (AvgIpc) is 0.722. The molecule has 0 aromatic heterocycles. The summed E-state index contributed by atoms with van der Waals surface area (Å²) in [6, 6.07) is 0. The summed E-state index contributed by atoms with van der Waals surface area (Å²) in [6.45, 7) is 0. The molecule has 9 heavy (non-hydrogen) atoms. The fourth-order valence-electron chi connectivity index (χ4n) is 0. The third kappa shape index (κ3) is 67.6. The molecule has 0 spiro atoms. The Hall–Kier alpha value is 4.54. The van der Waals surface area contributed by atoms with Crippen LogP contribution < -0.4 is 88.7 Å². The van der Waals surface area contributed by atoms with Crippen molar-refractivity contribution in [3.8, 4) is 0 Å². The third-order valence-corrected chi connectivity index (χ3v) is 0. The first kappa shape index (κ1) is 29.2. The number of hydrogen-bond acceptors (Lipinski definition) is 4. The van der Waals surface area contributed by atoms with Crippen LogP contribution in [0.1, 0.15) is 7.13 Å².